The number of nitrogen functional groups attached to an aromatic ring is 1. The van der Waals surface area contributed by atoms with Crippen LogP contribution < -0.4 is 5.73 Å². The monoisotopic (exact) mass is 364 g/mol. The van der Waals surface area contributed by atoms with Crippen LogP contribution in [0.25, 0.3) is 0 Å². The highest BCUT2D eigenvalue weighted by atomic mass is 79.9. The summed E-state index contributed by atoms with van der Waals surface area (Å²) in [6, 6.07) is 1.55. The molecule has 4 nitrogen and oxygen atoms in total. The predicted molar refractivity (Wildman–Crippen MR) is 64.4 cm³/mol. The molecule has 0 aromatic heterocycles. The van der Waals surface area contributed by atoms with Crippen LogP contribution in [0.3, 0.4) is 0 Å². The lowest BCUT2D eigenvalue weighted by molar-refractivity contribution is -0.134. The zero-order valence-corrected chi connectivity index (χ0v) is 11.9. The van der Waals surface area contributed by atoms with Crippen molar-refractivity contribution in [1.29, 1.82) is 0 Å². The second-order valence-corrected chi connectivity index (χ2v) is 6.55. The van der Waals surface area contributed by atoms with Crippen molar-refractivity contribution in [3.8, 4) is 0 Å². The van der Waals surface area contributed by atoms with Crippen molar-refractivity contribution in [3.05, 3.63) is 22.4 Å². The van der Waals surface area contributed by atoms with Gasteiger partial charge in [0.05, 0.1) is 0 Å². The summed E-state index contributed by atoms with van der Waals surface area (Å²) in [6.45, 7) is -1.72. The summed E-state index contributed by atoms with van der Waals surface area (Å²) in [4.78, 5) is -0.903. The smallest absolute Gasteiger partial charge is 0.398 e. The SMILES string of the molecule is CN(CC(F)(F)F)S(=O)(=O)c1cc(N)c(Br)cc1F. The molecule has 0 saturated heterocycles. The lowest BCUT2D eigenvalue weighted by Gasteiger charge is -2.19. The number of hydrogen-bond donors (Lipinski definition) is 1. The molecule has 0 heterocycles. The van der Waals surface area contributed by atoms with Gasteiger partial charge in [-0.2, -0.15) is 17.5 Å². The average Bonchev–Trinajstić information content (AvgIpc) is 2.20. The average molecular weight is 365 g/mol. The molecule has 0 aliphatic heterocycles. The Kier molecular flexibility index (Phi) is 4.47. The van der Waals surface area contributed by atoms with Crippen LogP contribution in [-0.4, -0.2) is 32.5 Å². The zero-order chi connectivity index (χ0) is 15.0. The topological polar surface area (TPSA) is 63.4 Å². The summed E-state index contributed by atoms with van der Waals surface area (Å²) >= 11 is 2.88. The van der Waals surface area contributed by atoms with Gasteiger partial charge in [0.15, 0.2) is 0 Å². The van der Waals surface area contributed by atoms with Crippen LogP contribution in [0, 0.1) is 5.82 Å². The minimum Gasteiger partial charge on any atom is -0.398 e. The minimum absolute atomic E-state index is 0.0127. The minimum atomic E-state index is -4.72. The van der Waals surface area contributed by atoms with E-state index in [9.17, 15) is 26.0 Å². The molecule has 0 saturated carbocycles. The molecule has 108 valence electrons. The Morgan fingerprint density at radius 1 is 1.37 bits per heavy atom. The number of hydrogen-bond acceptors (Lipinski definition) is 3. The summed E-state index contributed by atoms with van der Waals surface area (Å²) in [5, 5.41) is 0. The first-order chi connectivity index (χ1) is 8.45. The van der Waals surface area contributed by atoms with Crippen molar-refractivity contribution in [2.24, 2.45) is 0 Å². The van der Waals surface area contributed by atoms with Gasteiger partial charge in [0.25, 0.3) is 0 Å². The van der Waals surface area contributed by atoms with E-state index in [1.807, 2.05) is 0 Å². The highest BCUT2D eigenvalue weighted by Gasteiger charge is 2.36. The summed E-state index contributed by atoms with van der Waals surface area (Å²) in [7, 11) is -3.90. The molecule has 0 spiro atoms. The Labute approximate surface area is 115 Å². The lowest BCUT2D eigenvalue weighted by Crippen LogP contribution is -2.36. The first-order valence-electron chi connectivity index (χ1n) is 4.73. The van der Waals surface area contributed by atoms with Crippen LogP contribution >= 0.6 is 15.9 Å². The van der Waals surface area contributed by atoms with Gasteiger partial charge in [0.1, 0.15) is 17.3 Å². The van der Waals surface area contributed by atoms with Gasteiger partial charge in [-0.1, -0.05) is 0 Å². The molecule has 0 bridgehead atoms. The molecule has 0 radical (unpaired) electrons. The number of benzene rings is 1. The highest BCUT2D eigenvalue weighted by molar-refractivity contribution is 9.10. The van der Waals surface area contributed by atoms with E-state index >= 15 is 0 Å². The van der Waals surface area contributed by atoms with E-state index < -0.39 is 33.5 Å². The summed E-state index contributed by atoms with van der Waals surface area (Å²) in [6.07, 6.45) is -4.72. The van der Waals surface area contributed by atoms with Gasteiger partial charge in [-0.05, 0) is 28.1 Å². The van der Waals surface area contributed by atoms with Crippen LogP contribution in [0.4, 0.5) is 23.2 Å². The first-order valence-corrected chi connectivity index (χ1v) is 6.96. The van der Waals surface area contributed by atoms with Crippen molar-refractivity contribution in [2.75, 3.05) is 19.3 Å². The molecule has 0 aliphatic rings. The molecule has 19 heavy (non-hydrogen) atoms. The van der Waals surface area contributed by atoms with E-state index in [0.29, 0.717) is 7.05 Å². The van der Waals surface area contributed by atoms with Gasteiger partial charge in [0.2, 0.25) is 10.0 Å². The fourth-order valence-corrected chi connectivity index (χ4v) is 2.80. The molecule has 1 aromatic carbocycles. The number of sulfonamides is 1. The van der Waals surface area contributed by atoms with Gasteiger partial charge >= 0.3 is 6.18 Å². The van der Waals surface area contributed by atoms with Crippen LogP contribution in [0.5, 0.6) is 0 Å². The quantitative estimate of drug-likeness (QED) is 0.661. The van der Waals surface area contributed by atoms with E-state index in [1.165, 1.54) is 0 Å². The highest BCUT2D eigenvalue weighted by Crippen LogP contribution is 2.28. The third-order valence-electron chi connectivity index (χ3n) is 2.14. The molecule has 0 fully saturated rings. The van der Waals surface area contributed by atoms with Crippen molar-refractivity contribution in [2.45, 2.75) is 11.1 Å². The van der Waals surface area contributed by atoms with Crippen molar-refractivity contribution in [1.82, 2.24) is 4.31 Å². The maximum atomic E-state index is 13.5. The van der Waals surface area contributed by atoms with E-state index in [0.717, 1.165) is 12.1 Å². The van der Waals surface area contributed by atoms with Gasteiger partial charge in [-0.25, -0.2) is 12.8 Å². The molecule has 1 rings (SSSR count). The van der Waals surface area contributed by atoms with Gasteiger partial charge in [-0.15, -0.1) is 0 Å². The molecular formula is C9H9BrF4N2O2S. The van der Waals surface area contributed by atoms with Gasteiger partial charge in [-0.3, -0.25) is 0 Å². The van der Waals surface area contributed by atoms with E-state index in [2.05, 4.69) is 15.9 Å². The maximum Gasteiger partial charge on any atom is 0.402 e. The fraction of sp³-hybridized carbons (Fsp3) is 0.333. The number of nitrogens with zero attached hydrogens (tertiary/aromatic N) is 1. The van der Waals surface area contributed by atoms with Gasteiger partial charge < -0.3 is 5.73 Å². The van der Waals surface area contributed by atoms with Crippen molar-refractivity contribution in [3.63, 3.8) is 0 Å². The molecule has 10 heteroatoms. The third kappa shape index (κ3) is 3.80. The number of rotatable bonds is 3. The Morgan fingerprint density at radius 3 is 2.37 bits per heavy atom. The summed E-state index contributed by atoms with van der Waals surface area (Å²) in [5.74, 6) is -1.19. The van der Waals surface area contributed by atoms with E-state index in [1.54, 1.807) is 0 Å². The Morgan fingerprint density at radius 2 is 1.89 bits per heavy atom. The fourth-order valence-electron chi connectivity index (χ4n) is 1.25. The Hall–Kier alpha value is -0.870. The molecule has 1 aromatic rings. The van der Waals surface area contributed by atoms with E-state index in [-0.39, 0.29) is 14.5 Å². The second kappa shape index (κ2) is 5.25. The second-order valence-electron chi connectivity index (χ2n) is 3.68. The number of nitrogens with two attached hydrogens (primary N) is 1. The lowest BCUT2D eigenvalue weighted by atomic mass is 10.3. The van der Waals surface area contributed by atoms with Gasteiger partial charge in [0, 0.05) is 17.2 Å². The largest absolute Gasteiger partial charge is 0.402 e. The molecule has 0 atom stereocenters. The van der Waals surface area contributed by atoms with Crippen molar-refractivity contribution >= 4 is 31.6 Å². The number of alkyl halides is 3. The van der Waals surface area contributed by atoms with Crippen LogP contribution in [0.2, 0.25) is 0 Å². The molecule has 0 amide bonds. The first kappa shape index (κ1) is 16.2. The molecule has 0 unspecified atom stereocenters. The normalized spacial score (nSPS) is 13.0. The molecule has 2 N–H and O–H groups in total. The predicted octanol–water partition coefficient (Wildman–Crippen LogP) is 2.35. The maximum absolute atomic E-state index is 13.5. The number of anilines is 1. The third-order valence-corrected chi connectivity index (χ3v) is 4.65. The Balaban J connectivity index is 3.25. The number of halogens is 5. The molecular weight excluding hydrogens is 356 g/mol. The van der Waals surface area contributed by atoms with Crippen molar-refractivity contribution < 1.29 is 26.0 Å². The van der Waals surface area contributed by atoms with Crippen LogP contribution in [0.15, 0.2) is 21.5 Å². The summed E-state index contributed by atoms with van der Waals surface area (Å²) in [5.41, 5.74) is 5.30. The Bertz CT molecular complexity index is 589. The van der Waals surface area contributed by atoms with Crippen LogP contribution in [0.1, 0.15) is 0 Å². The van der Waals surface area contributed by atoms with E-state index in [4.69, 9.17) is 5.73 Å². The summed E-state index contributed by atoms with van der Waals surface area (Å²) < 4.78 is 73.8. The standard InChI is InChI=1S/C9H9BrF4N2O2S/c1-16(4-9(12,13)14)19(17,18)8-3-7(15)5(10)2-6(8)11/h2-3H,4,15H2,1H3. The molecule has 0 aliphatic carbocycles. The van der Waals surface area contributed by atoms with Crippen LogP contribution in [-0.2, 0) is 10.0 Å². The zero-order valence-electron chi connectivity index (χ0n) is 9.50.